The summed E-state index contributed by atoms with van der Waals surface area (Å²) < 4.78 is 2.48. The quantitative estimate of drug-likeness (QED) is 0.466. The number of nitrogens with zero attached hydrogens (tertiary/aromatic N) is 2. The van der Waals surface area contributed by atoms with Gasteiger partial charge in [0, 0.05) is 11.0 Å². The predicted octanol–water partition coefficient (Wildman–Crippen LogP) is 4.30. The molecule has 2 aromatic carbocycles. The van der Waals surface area contributed by atoms with Crippen LogP contribution in [0.5, 0.6) is 0 Å². The van der Waals surface area contributed by atoms with Gasteiger partial charge in [-0.25, -0.2) is 4.98 Å². The van der Waals surface area contributed by atoms with E-state index in [1.54, 1.807) is 10.6 Å². The van der Waals surface area contributed by atoms with Crippen molar-refractivity contribution in [1.29, 1.82) is 0 Å². The van der Waals surface area contributed by atoms with Gasteiger partial charge < -0.3 is 5.32 Å². The fraction of sp³-hybridized carbons (Fsp3) is 0.211. The SMILES string of the molecule is CCCn1c(SCC(=O)Nc2ccccc2Br)nc2ccccc2c1=O. The summed E-state index contributed by atoms with van der Waals surface area (Å²) in [7, 11) is 0. The van der Waals surface area contributed by atoms with E-state index in [9.17, 15) is 9.59 Å². The highest BCUT2D eigenvalue weighted by Gasteiger charge is 2.13. The monoisotopic (exact) mass is 431 g/mol. The molecule has 0 fully saturated rings. The molecule has 0 aliphatic heterocycles. The van der Waals surface area contributed by atoms with Gasteiger partial charge in [0.15, 0.2) is 5.16 Å². The second-order valence-electron chi connectivity index (χ2n) is 5.69. The first-order valence-corrected chi connectivity index (χ1v) is 10.0. The number of thioether (sulfide) groups is 1. The topological polar surface area (TPSA) is 64.0 Å². The average molecular weight is 432 g/mol. The van der Waals surface area contributed by atoms with Crippen LogP contribution < -0.4 is 10.9 Å². The van der Waals surface area contributed by atoms with E-state index >= 15 is 0 Å². The summed E-state index contributed by atoms with van der Waals surface area (Å²) in [4.78, 5) is 29.6. The number of nitrogens with one attached hydrogen (secondary N) is 1. The molecule has 0 atom stereocenters. The lowest BCUT2D eigenvalue weighted by molar-refractivity contribution is -0.113. The molecule has 0 unspecified atom stereocenters. The smallest absolute Gasteiger partial charge is 0.262 e. The van der Waals surface area contributed by atoms with Crippen molar-refractivity contribution in [1.82, 2.24) is 9.55 Å². The Morgan fingerprint density at radius 3 is 2.69 bits per heavy atom. The van der Waals surface area contributed by atoms with Gasteiger partial charge in [-0.1, -0.05) is 43.0 Å². The highest BCUT2D eigenvalue weighted by Crippen LogP contribution is 2.22. The van der Waals surface area contributed by atoms with Gasteiger partial charge in [-0.05, 0) is 46.6 Å². The summed E-state index contributed by atoms with van der Waals surface area (Å²) in [6.07, 6.45) is 0.816. The van der Waals surface area contributed by atoms with Crippen molar-refractivity contribution in [2.24, 2.45) is 0 Å². The number of fused-ring (bicyclic) bond motifs is 1. The molecular weight excluding hydrogens is 414 g/mol. The molecule has 1 heterocycles. The average Bonchev–Trinajstić information content (AvgIpc) is 2.64. The van der Waals surface area contributed by atoms with Gasteiger partial charge in [-0.2, -0.15) is 0 Å². The van der Waals surface area contributed by atoms with Crippen molar-refractivity contribution in [2.45, 2.75) is 25.0 Å². The van der Waals surface area contributed by atoms with Crippen molar-refractivity contribution in [3.8, 4) is 0 Å². The number of halogens is 1. The maximum absolute atomic E-state index is 12.7. The van der Waals surface area contributed by atoms with E-state index in [0.717, 1.165) is 16.6 Å². The molecule has 26 heavy (non-hydrogen) atoms. The number of carbonyl (C=O) groups is 1. The van der Waals surface area contributed by atoms with E-state index in [1.165, 1.54) is 11.8 Å². The molecule has 0 radical (unpaired) electrons. The Kier molecular flexibility index (Phi) is 6.11. The van der Waals surface area contributed by atoms with Crippen molar-refractivity contribution < 1.29 is 4.79 Å². The molecule has 0 saturated carbocycles. The van der Waals surface area contributed by atoms with E-state index in [-0.39, 0.29) is 17.2 Å². The zero-order valence-corrected chi connectivity index (χ0v) is 16.6. The fourth-order valence-corrected chi connectivity index (χ4v) is 3.77. The van der Waals surface area contributed by atoms with Crippen LogP contribution in [0.2, 0.25) is 0 Å². The van der Waals surface area contributed by atoms with Crippen LogP contribution in [0.3, 0.4) is 0 Å². The van der Waals surface area contributed by atoms with Crippen molar-refractivity contribution in [3.63, 3.8) is 0 Å². The summed E-state index contributed by atoms with van der Waals surface area (Å²) in [5.74, 6) is 0.0305. The first-order chi connectivity index (χ1) is 12.6. The number of benzene rings is 2. The summed E-state index contributed by atoms with van der Waals surface area (Å²) in [6.45, 7) is 2.58. The molecule has 1 amide bonds. The predicted molar refractivity (Wildman–Crippen MR) is 110 cm³/mol. The maximum Gasteiger partial charge on any atom is 0.262 e. The molecule has 7 heteroatoms. The van der Waals surface area contributed by atoms with Crippen LogP contribution >= 0.6 is 27.7 Å². The van der Waals surface area contributed by atoms with Crippen molar-refractivity contribution in [2.75, 3.05) is 11.1 Å². The molecule has 0 bridgehead atoms. The van der Waals surface area contributed by atoms with Gasteiger partial charge in [-0.15, -0.1) is 0 Å². The van der Waals surface area contributed by atoms with E-state index in [0.29, 0.717) is 22.6 Å². The Morgan fingerprint density at radius 2 is 1.92 bits per heavy atom. The lowest BCUT2D eigenvalue weighted by atomic mass is 10.2. The largest absolute Gasteiger partial charge is 0.324 e. The van der Waals surface area contributed by atoms with Crippen molar-refractivity contribution >= 4 is 50.2 Å². The summed E-state index contributed by atoms with van der Waals surface area (Å²) >= 11 is 4.68. The van der Waals surface area contributed by atoms with Crippen LogP contribution in [-0.2, 0) is 11.3 Å². The minimum atomic E-state index is -0.146. The first-order valence-electron chi connectivity index (χ1n) is 8.27. The van der Waals surface area contributed by atoms with Gasteiger partial charge in [0.05, 0.1) is 22.3 Å². The first kappa shape index (κ1) is 18.7. The third kappa shape index (κ3) is 4.16. The second-order valence-corrected chi connectivity index (χ2v) is 7.48. The van der Waals surface area contributed by atoms with E-state index in [4.69, 9.17) is 0 Å². The van der Waals surface area contributed by atoms with Gasteiger partial charge in [0.25, 0.3) is 5.56 Å². The van der Waals surface area contributed by atoms with Crippen molar-refractivity contribution in [3.05, 3.63) is 63.4 Å². The van der Waals surface area contributed by atoms with E-state index < -0.39 is 0 Å². The molecular formula is C19H18BrN3O2S. The molecule has 0 aliphatic carbocycles. The molecule has 1 aromatic heterocycles. The molecule has 3 aromatic rings. The number of amides is 1. The number of anilines is 1. The molecule has 0 aliphatic rings. The number of rotatable bonds is 6. The van der Waals surface area contributed by atoms with E-state index in [1.807, 2.05) is 49.4 Å². The third-order valence-corrected chi connectivity index (χ3v) is 5.42. The zero-order valence-electron chi connectivity index (χ0n) is 14.2. The van der Waals surface area contributed by atoms with Crippen LogP contribution in [0.1, 0.15) is 13.3 Å². The van der Waals surface area contributed by atoms with Gasteiger partial charge in [0.1, 0.15) is 0 Å². The summed E-state index contributed by atoms with van der Waals surface area (Å²) in [5.41, 5.74) is 1.31. The van der Waals surface area contributed by atoms with Gasteiger partial charge >= 0.3 is 0 Å². The van der Waals surface area contributed by atoms with Crippen LogP contribution in [0.25, 0.3) is 10.9 Å². The molecule has 5 nitrogen and oxygen atoms in total. The van der Waals surface area contributed by atoms with Crippen LogP contribution in [-0.4, -0.2) is 21.2 Å². The molecule has 0 spiro atoms. The minimum absolute atomic E-state index is 0.0637. The number of para-hydroxylation sites is 2. The molecule has 134 valence electrons. The minimum Gasteiger partial charge on any atom is -0.324 e. The zero-order chi connectivity index (χ0) is 18.5. The van der Waals surface area contributed by atoms with Gasteiger partial charge in [0.2, 0.25) is 5.91 Å². The van der Waals surface area contributed by atoms with Crippen LogP contribution in [0.4, 0.5) is 5.69 Å². The normalized spacial score (nSPS) is 10.8. The standard InChI is InChI=1S/C19H18BrN3O2S/c1-2-11-23-18(25)13-7-3-5-9-15(13)22-19(23)26-12-17(24)21-16-10-6-4-8-14(16)20/h3-10H,2,11-12H2,1H3,(H,21,24). The lowest BCUT2D eigenvalue weighted by Gasteiger charge is -2.12. The van der Waals surface area contributed by atoms with Crippen LogP contribution in [0.15, 0.2) is 63.0 Å². The Morgan fingerprint density at radius 1 is 1.19 bits per heavy atom. The summed E-state index contributed by atoms with van der Waals surface area (Å²) in [6, 6.07) is 14.7. The van der Waals surface area contributed by atoms with Gasteiger partial charge in [-0.3, -0.25) is 14.2 Å². The number of hydrogen-bond acceptors (Lipinski definition) is 4. The Balaban J connectivity index is 1.81. The fourth-order valence-electron chi connectivity index (χ4n) is 2.56. The number of hydrogen-bond donors (Lipinski definition) is 1. The molecule has 3 rings (SSSR count). The van der Waals surface area contributed by atoms with Crippen LogP contribution in [0, 0.1) is 0 Å². The Bertz CT molecular complexity index is 1000. The Labute approximate surface area is 164 Å². The Hall–Kier alpha value is -2.12. The lowest BCUT2D eigenvalue weighted by Crippen LogP contribution is -2.24. The number of aromatic nitrogens is 2. The highest BCUT2D eigenvalue weighted by molar-refractivity contribution is 9.10. The maximum atomic E-state index is 12.7. The molecule has 0 saturated heterocycles. The highest BCUT2D eigenvalue weighted by atomic mass is 79.9. The number of carbonyl (C=O) groups excluding carboxylic acids is 1. The summed E-state index contributed by atoms with van der Waals surface area (Å²) in [5, 5.41) is 4.03. The molecule has 1 N–H and O–H groups in total. The third-order valence-electron chi connectivity index (χ3n) is 3.75. The van der Waals surface area contributed by atoms with E-state index in [2.05, 4.69) is 26.2 Å². The second kappa shape index (κ2) is 8.51.